The van der Waals surface area contributed by atoms with E-state index in [0.717, 1.165) is 11.4 Å². The van der Waals surface area contributed by atoms with E-state index in [-0.39, 0.29) is 11.5 Å². The van der Waals surface area contributed by atoms with Crippen LogP contribution in [0.2, 0.25) is 0 Å². The second-order valence-corrected chi connectivity index (χ2v) is 6.80. The van der Waals surface area contributed by atoms with Crippen molar-refractivity contribution >= 4 is 28.9 Å². The number of hydrogen-bond donors (Lipinski definition) is 0. The molecule has 0 aliphatic heterocycles. The highest BCUT2D eigenvalue weighted by atomic mass is 32.2. The minimum absolute atomic E-state index is 0.141. The van der Waals surface area contributed by atoms with Crippen LogP contribution in [0.4, 0.5) is 0 Å². The average molecular weight is 355 g/mol. The number of carbonyl (C=O) groups is 1. The third-order valence-corrected chi connectivity index (χ3v) is 5.22. The number of Topliss-reactive ketones (excluding diaryl/α,β-unsaturated/α-hetero) is 1. The van der Waals surface area contributed by atoms with Gasteiger partial charge in [-0.3, -0.25) is 9.36 Å². The van der Waals surface area contributed by atoms with Gasteiger partial charge in [-0.25, -0.2) is 4.98 Å². The Hall–Kier alpha value is -2.50. The fraction of sp³-hybridized carbons (Fsp3) is 0.188. The van der Waals surface area contributed by atoms with Crippen molar-refractivity contribution in [1.82, 2.24) is 19.7 Å². The zero-order valence-corrected chi connectivity index (χ0v) is 14.4. The largest absolute Gasteiger partial charge is 0.297 e. The van der Waals surface area contributed by atoms with Crippen LogP contribution < -0.4 is 0 Å². The number of benzene rings is 1. The van der Waals surface area contributed by atoms with Gasteiger partial charge in [0, 0.05) is 16.8 Å². The van der Waals surface area contributed by atoms with E-state index < -0.39 is 5.92 Å². The van der Waals surface area contributed by atoms with Crippen molar-refractivity contribution in [1.29, 1.82) is 5.26 Å². The normalized spacial score (nSPS) is 11.8. The molecule has 0 aliphatic carbocycles. The molecule has 3 rings (SSSR count). The van der Waals surface area contributed by atoms with Crippen LogP contribution in [-0.2, 0) is 4.79 Å². The van der Waals surface area contributed by atoms with Crippen molar-refractivity contribution in [2.45, 2.75) is 18.0 Å². The van der Waals surface area contributed by atoms with Gasteiger partial charge in [0.2, 0.25) is 0 Å². The maximum absolute atomic E-state index is 12.4. The van der Waals surface area contributed by atoms with Gasteiger partial charge < -0.3 is 0 Å². The highest BCUT2D eigenvalue weighted by Crippen LogP contribution is 2.25. The number of aromatic nitrogens is 4. The number of thiazole rings is 1. The first-order valence-electron chi connectivity index (χ1n) is 7.11. The second kappa shape index (κ2) is 7.38. The number of nitrogens with zero attached hydrogens (tertiary/aromatic N) is 5. The topological polar surface area (TPSA) is 84.5 Å². The van der Waals surface area contributed by atoms with Crippen molar-refractivity contribution in [3.05, 3.63) is 52.7 Å². The van der Waals surface area contributed by atoms with Crippen LogP contribution in [0.5, 0.6) is 0 Å². The molecule has 120 valence electrons. The lowest BCUT2D eigenvalue weighted by atomic mass is 10.1. The molecule has 0 N–H and O–H groups in total. The minimum atomic E-state index is -0.829. The Morgan fingerprint density at radius 1 is 1.42 bits per heavy atom. The Labute approximate surface area is 147 Å². The van der Waals surface area contributed by atoms with Crippen molar-refractivity contribution in [2.75, 3.05) is 5.75 Å². The van der Waals surface area contributed by atoms with E-state index in [1.165, 1.54) is 23.1 Å². The fourth-order valence-electron chi connectivity index (χ4n) is 2.08. The zero-order chi connectivity index (χ0) is 16.9. The monoisotopic (exact) mass is 355 g/mol. The molecule has 0 amide bonds. The molecule has 0 unspecified atom stereocenters. The number of aryl methyl sites for hydroxylation is 1. The Morgan fingerprint density at radius 3 is 2.88 bits per heavy atom. The van der Waals surface area contributed by atoms with Crippen LogP contribution in [-0.4, -0.2) is 31.3 Å². The first-order valence-corrected chi connectivity index (χ1v) is 8.98. The predicted octanol–water partition coefficient (Wildman–Crippen LogP) is 3.00. The maximum Gasteiger partial charge on any atom is 0.196 e. The average Bonchev–Trinajstić information content (AvgIpc) is 3.23. The molecule has 1 aromatic carbocycles. The maximum atomic E-state index is 12.4. The lowest BCUT2D eigenvalue weighted by Gasteiger charge is -2.07. The van der Waals surface area contributed by atoms with E-state index in [9.17, 15) is 10.1 Å². The number of nitriles is 1. The Morgan fingerprint density at radius 2 is 2.21 bits per heavy atom. The number of thioether (sulfide) groups is 1. The van der Waals surface area contributed by atoms with E-state index in [1.54, 1.807) is 6.33 Å². The lowest BCUT2D eigenvalue weighted by Crippen LogP contribution is -2.13. The second-order valence-electron chi connectivity index (χ2n) is 4.96. The summed E-state index contributed by atoms with van der Waals surface area (Å²) in [7, 11) is 0. The number of para-hydroxylation sites is 1. The molecule has 8 heteroatoms. The van der Waals surface area contributed by atoms with Crippen LogP contribution in [0.25, 0.3) is 5.69 Å². The summed E-state index contributed by atoms with van der Waals surface area (Å²) in [5.74, 6) is -0.869. The minimum Gasteiger partial charge on any atom is -0.297 e. The molecule has 0 saturated heterocycles. The summed E-state index contributed by atoms with van der Waals surface area (Å²) in [5, 5.41) is 20.3. The van der Waals surface area contributed by atoms with E-state index in [0.29, 0.717) is 10.2 Å². The molecule has 0 aliphatic rings. The standard InChI is InChI=1S/C16H13N5OS2/c1-11-8-23-15(19-11)13(7-17)14(22)9-24-16-20-18-10-21(16)12-5-3-2-4-6-12/h2-6,8,10,13H,9H2,1H3/t13-/m1/s1. The molecule has 3 aromatic rings. The summed E-state index contributed by atoms with van der Waals surface area (Å²) in [6.07, 6.45) is 1.61. The van der Waals surface area contributed by atoms with E-state index in [1.807, 2.05) is 47.2 Å². The van der Waals surface area contributed by atoms with Gasteiger partial charge in [-0.15, -0.1) is 21.5 Å². The first-order chi connectivity index (χ1) is 11.7. The van der Waals surface area contributed by atoms with Crippen LogP contribution in [0.15, 0.2) is 47.2 Å². The molecule has 2 aromatic heterocycles. The van der Waals surface area contributed by atoms with Gasteiger partial charge in [-0.05, 0) is 19.1 Å². The molecule has 6 nitrogen and oxygen atoms in total. The number of rotatable bonds is 6. The molecule has 1 atom stereocenters. The smallest absolute Gasteiger partial charge is 0.196 e. The highest BCUT2D eigenvalue weighted by Gasteiger charge is 2.24. The summed E-state index contributed by atoms with van der Waals surface area (Å²) in [6.45, 7) is 1.84. The number of hydrogen-bond acceptors (Lipinski definition) is 7. The van der Waals surface area contributed by atoms with Crippen molar-refractivity contribution in [2.24, 2.45) is 0 Å². The summed E-state index contributed by atoms with van der Waals surface area (Å²) >= 11 is 2.60. The highest BCUT2D eigenvalue weighted by molar-refractivity contribution is 7.99. The van der Waals surface area contributed by atoms with Crippen molar-refractivity contribution in [3.8, 4) is 11.8 Å². The van der Waals surface area contributed by atoms with E-state index in [2.05, 4.69) is 21.3 Å². The molecule has 0 radical (unpaired) electrons. The summed E-state index contributed by atoms with van der Waals surface area (Å²) < 4.78 is 1.81. The van der Waals surface area contributed by atoms with Crippen molar-refractivity contribution < 1.29 is 4.79 Å². The third kappa shape index (κ3) is 3.53. The van der Waals surface area contributed by atoms with Crippen LogP contribution in [0.1, 0.15) is 16.6 Å². The zero-order valence-electron chi connectivity index (χ0n) is 12.8. The van der Waals surface area contributed by atoms with Crippen LogP contribution in [0.3, 0.4) is 0 Å². The van der Waals surface area contributed by atoms with Crippen LogP contribution >= 0.6 is 23.1 Å². The predicted molar refractivity (Wildman–Crippen MR) is 92.3 cm³/mol. The summed E-state index contributed by atoms with van der Waals surface area (Å²) in [5.41, 5.74) is 1.74. The SMILES string of the molecule is Cc1csc([C@H](C#N)C(=O)CSc2nncn2-c2ccccc2)n1. The molecule has 0 spiro atoms. The van der Waals surface area contributed by atoms with Gasteiger partial charge in [-0.1, -0.05) is 30.0 Å². The Bertz CT molecular complexity index is 881. The Kier molecular flexibility index (Phi) is 5.03. The molecule has 2 heterocycles. The lowest BCUT2D eigenvalue weighted by molar-refractivity contribution is -0.116. The van der Waals surface area contributed by atoms with E-state index in [4.69, 9.17) is 0 Å². The summed E-state index contributed by atoms with van der Waals surface area (Å²) in [6, 6.07) is 11.7. The molecule has 0 bridgehead atoms. The fourth-order valence-corrected chi connectivity index (χ4v) is 3.77. The van der Waals surface area contributed by atoms with Gasteiger partial charge in [0.15, 0.2) is 16.9 Å². The van der Waals surface area contributed by atoms with Gasteiger partial charge in [0.1, 0.15) is 11.3 Å². The molecule has 0 saturated carbocycles. The molecule has 24 heavy (non-hydrogen) atoms. The molecular formula is C16H13N5OS2. The van der Waals surface area contributed by atoms with Crippen molar-refractivity contribution in [3.63, 3.8) is 0 Å². The molecular weight excluding hydrogens is 342 g/mol. The third-order valence-electron chi connectivity index (χ3n) is 3.23. The first kappa shape index (κ1) is 16.4. The number of carbonyl (C=O) groups excluding carboxylic acids is 1. The van der Waals surface area contributed by atoms with Gasteiger partial charge in [-0.2, -0.15) is 5.26 Å². The quantitative estimate of drug-likeness (QED) is 0.632. The van der Waals surface area contributed by atoms with E-state index >= 15 is 0 Å². The summed E-state index contributed by atoms with van der Waals surface area (Å²) in [4.78, 5) is 16.6. The van der Waals surface area contributed by atoms with Crippen LogP contribution in [0, 0.1) is 18.3 Å². The molecule has 0 fully saturated rings. The Balaban J connectivity index is 1.71. The van der Waals surface area contributed by atoms with Gasteiger partial charge in [0.05, 0.1) is 11.8 Å². The number of ketones is 1. The van der Waals surface area contributed by atoms with Gasteiger partial charge in [0.25, 0.3) is 0 Å². The van der Waals surface area contributed by atoms with Gasteiger partial charge >= 0.3 is 0 Å².